The van der Waals surface area contributed by atoms with Crippen molar-refractivity contribution >= 4 is 28.3 Å². The third kappa shape index (κ3) is 5.91. The van der Waals surface area contributed by atoms with Gasteiger partial charge in [0.05, 0.1) is 12.8 Å². The zero-order valence-corrected chi connectivity index (χ0v) is 16.5. The lowest BCUT2D eigenvalue weighted by atomic mass is 10.0. The van der Waals surface area contributed by atoms with E-state index >= 15 is 0 Å². The highest BCUT2D eigenvalue weighted by Crippen LogP contribution is 2.19. The molecular formula is C23H29N3O2. The fourth-order valence-corrected chi connectivity index (χ4v) is 3.79. The minimum absolute atomic E-state index is 0.0172. The molecule has 0 aromatic heterocycles. The highest BCUT2D eigenvalue weighted by Gasteiger charge is 2.15. The van der Waals surface area contributed by atoms with Crippen LogP contribution >= 0.6 is 0 Å². The smallest absolute Gasteiger partial charge is 0.244 e. The number of carbonyl (C=O) groups is 2. The molecule has 0 heterocycles. The Morgan fingerprint density at radius 3 is 2.46 bits per heavy atom. The molecule has 0 radical (unpaired) electrons. The van der Waals surface area contributed by atoms with Gasteiger partial charge < -0.3 is 5.32 Å². The van der Waals surface area contributed by atoms with Crippen molar-refractivity contribution in [2.75, 3.05) is 0 Å². The molecule has 0 spiro atoms. The van der Waals surface area contributed by atoms with E-state index in [1.165, 1.54) is 25.7 Å². The number of nitrogens with one attached hydrogen (secondary N) is 2. The van der Waals surface area contributed by atoms with Crippen LogP contribution in [0.1, 0.15) is 57.4 Å². The number of hydrogen-bond acceptors (Lipinski definition) is 3. The van der Waals surface area contributed by atoms with E-state index < -0.39 is 0 Å². The molecule has 1 aliphatic carbocycles. The predicted molar refractivity (Wildman–Crippen MR) is 113 cm³/mol. The van der Waals surface area contributed by atoms with Crippen LogP contribution in [-0.4, -0.2) is 23.6 Å². The van der Waals surface area contributed by atoms with Gasteiger partial charge >= 0.3 is 0 Å². The van der Waals surface area contributed by atoms with E-state index in [1.54, 1.807) is 6.92 Å². The maximum Gasteiger partial charge on any atom is 0.244 e. The van der Waals surface area contributed by atoms with Gasteiger partial charge in [-0.2, -0.15) is 5.10 Å². The standard InChI is InChI=1S/C23H29N3O2/c1-17(15-22(27)24-20-12-4-2-3-5-13-20)25-26-23(28)16-19-11-8-10-18-9-6-7-14-21(18)19/h6-11,14,20H,2-5,12-13,15-16H2,1H3,(H,24,27)(H,26,28). The molecule has 0 saturated heterocycles. The molecule has 1 fully saturated rings. The first-order valence-electron chi connectivity index (χ1n) is 10.2. The molecule has 5 heteroatoms. The van der Waals surface area contributed by atoms with Crippen molar-refractivity contribution in [3.05, 3.63) is 48.0 Å². The zero-order valence-electron chi connectivity index (χ0n) is 16.5. The summed E-state index contributed by atoms with van der Waals surface area (Å²) in [5.74, 6) is -0.198. The Kier molecular flexibility index (Phi) is 7.18. The number of amides is 2. The molecule has 28 heavy (non-hydrogen) atoms. The second kappa shape index (κ2) is 10.0. The van der Waals surface area contributed by atoms with Crippen molar-refractivity contribution in [2.24, 2.45) is 5.10 Å². The Balaban J connectivity index is 1.49. The highest BCUT2D eigenvalue weighted by atomic mass is 16.2. The summed E-state index contributed by atoms with van der Waals surface area (Å²) < 4.78 is 0. The zero-order chi connectivity index (χ0) is 19.8. The first kappa shape index (κ1) is 20.1. The summed E-state index contributed by atoms with van der Waals surface area (Å²) in [5.41, 5.74) is 4.16. The third-order valence-corrected chi connectivity index (χ3v) is 5.24. The van der Waals surface area contributed by atoms with Crippen molar-refractivity contribution < 1.29 is 9.59 Å². The van der Waals surface area contributed by atoms with Crippen LogP contribution in [0, 0.1) is 0 Å². The Morgan fingerprint density at radius 2 is 1.68 bits per heavy atom. The van der Waals surface area contributed by atoms with Crippen LogP contribution in [0.5, 0.6) is 0 Å². The summed E-state index contributed by atoms with van der Waals surface area (Å²) in [7, 11) is 0. The molecule has 2 aromatic carbocycles. The molecule has 1 aliphatic rings. The number of benzene rings is 2. The number of hydrazone groups is 1. The van der Waals surface area contributed by atoms with Crippen LogP contribution in [0.4, 0.5) is 0 Å². The largest absolute Gasteiger partial charge is 0.353 e. The number of rotatable bonds is 6. The lowest BCUT2D eigenvalue weighted by molar-refractivity contribution is -0.121. The number of carbonyl (C=O) groups excluding carboxylic acids is 2. The second-order valence-electron chi connectivity index (χ2n) is 7.63. The van der Waals surface area contributed by atoms with Crippen molar-refractivity contribution in [2.45, 2.75) is 64.3 Å². The minimum atomic E-state index is -0.181. The lowest BCUT2D eigenvalue weighted by Gasteiger charge is -2.16. The summed E-state index contributed by atoms with van der Waals surface area (Å²) >= 11 is 0. The van der Waals surface area contributed by atoms with E-state index in [1.807, 2.05) is 42.5 Å². The molecular weight excluding hydrogens is 350 g/mol. The normalized spacial score (nSPS) is 15.8. The Bertz CT molecular complexity index is 847. The molecule has 2 aromatic rings. The van der Waals surface area contributed by atoms with Gasteiger partial charge in [-0.25, -0.2) is 5.43 Å². The first-order valence-corrected chi connectivity index (χ1v) is 10.2. The van der Waals surface area contributed by atoms with Gasteiger partial charge in [-0.1, -0.05) is 68.1 Å². The van der Waals surface area contributed by atoms with Crippen LogP contribution in [0.3, 0.4) is 0 Å². The Hall–Kier alpha value is -2.69. The monoisotopic (exact) mass is 379 g/mol. The van der Waals surface area contributed by atoms with E-state index in [0.717, 1.165) is 29.2 Å². The summed E-state index contributed by atoms with van der Waals surface area (Å²) in [6.45, 7) is 1.77. The van der Waals surface area contributed by atoms with Gasteiger partial charge in [-0.3, -0.25) is 9.59 Å². The maximum absolute atomic E-state index is 12.3. The first-order chi connectivity index (χ1) is 13.6. The van der Waals surface area contributed by atoms with Crippen LogP contribution in [0.2, 0.25) is 0 Å². The average Bonchev–Trinajstić information content (AvgIpc) is 2.95. The van der Waals surface area contributed by atoms with E-state index in [4.69, 9.17) is 0 Å². The molecule has 5 nitrogen and oxygen atoms in total. The van der Waals surface area contributed by atoms with E-state index in [-0.39, 0.29) is 30.7 Å². The Morgan fingerprint density at radius 1 is 0.964 bits per heavy atom. The molecule has 3 rings (SSSR count). The van der Waals surface area contributed by atoms with Gasteiger partial charge in [0.2, 0.25) is 11.8 Å². The molecule has 2 N–H and O–H groups in total. The van der Waals surface area contributed by atoms with Gasteiger partial charge in [-0.15, -0.1) is 0 Å². The second-order valence-corrected chi connectivity index (χ2v) is 7.63. The lowest BCUT2D eigenvalue weighted by Crippen LogP contribution is -2.35. The average molecular weight is 380 g/mol. The number of nitrogens with zero attached hydrogens (tertiary/aromatic N) is 1. The molecule has 2 amide bonds. The van der Waals surface area contributed by atoms with Crippen molar-refractivity contribution in [3.63, 3.8) is 0 Å². The van der Waals surface area contributed by atoms with Crippen molar-refractivity contribution in [1.82, 2.24) is 10.7 Å². The van der Waals surface area contributed by atoms with E-state index in [0.29, 0.717) is 5.71 Å². The minimum Gasteiger partial charge on any atom is -0.353 e. The summed E-state index contributed by atoms with van der Waals surface area (Å²) in [5, 5.41) is 9.40. The third-order valence-electron chi connectivity index (χ3n) is 5.24. The predicted octanol–water partition coefficient (Wildman–Crippen LogP) is 4.10. The topological polar surface area (TPSA) is 70.6 Å². The van der Waals surface area contributed by atoms with Crippen LogP contribution in [0.25, 0.3) is 10.8 Å². The Labute approximate surface area is 166 Å². The van der Waals surface area contributed by atoms with Gasteiger partial charge in [0.15, 0.2) is 0 Å². The summed E-state index contributed by atoms with van der Waals surface area (Å²) in [6, 6.07) is 14.2. The number of fused-ring (bicyclic) bond motifs is 1. The van der Waals surface area contributed by atoms with Gasteiger partial charge in [0.25, 0.3) is 0 Å². The van der Waals surface area contributed by atoms with Gasteiger partial charge in [-0.05, 0) is 36.1 Å². The molecule has 0 atom stereocenters. The van der Waals surface area contributed by atoms with E-state index in [9.17, 15) is 9.59 Å². The van der Waals surface area contributed by atoms with E-state index in [2.05, 4.69) is 15.8 Å². The van der Waals surface area contributed by atoms with Crippen molar-refractivity contribution in [1.29, 1.82) is 0 Å². The molecule has 0 bridgehead atoms. The van der Waals surface area contributed by atoms with Gasteiger partial charge in [0, 0.05) is 11.8 Å². The van der Waals surface area contributed by atoms with Crippen LogP contribution in [0.15, 0.2) is 47.6 Å². The van der Waals surface area contributed by atoms with Crippen molar-refractivity contribution in [3.8, 4) is 0 Å². The highest BCUT2D eigenvalue weighted by molar-refractivity contribution is 6.00. The molecule has 0 unspecified atom stereocenters. The van der Waals surface area contributed by atoms with Crippen LogP contribution in [-0.2, 0) is 16.0 Å². The van der Waals surface area contributed by atoms with Gasteiger partial charge in [0.1, 0.15) is 0 Å². The molecule has 0 aliphatic heterocycles. The maximum atomic E-state index is 12.3. The SMILES string of the molecule is CC(CC(=O)NC1CCCCCC1)=NNC(=O)Cc1cccc2ccccc12. The fourth-order valence-electron chi connectivity index (χ4n) is 3.79. The summed E-state index contributed by atoms with van der Waals surface area (Å²) in [4.78, 5) is 24.5. The number of hydrogen-bond donors (Lipinski definition) is 2. The fraction of sp³-hybridized carbons (Fsp3) is 0.435. The quantitative estimate of drug-likeness (QED) is 0.451. The van der Waals surface area contributed by atoms with Crippen LogP contribution < -0.4 is 10.7 Å². The summed E-state index contributed by atoms with van der Waals surface area (Å²) in [6.07, 6.45) is 7.47. The molecule has 148 valence electrons. The molecule has 1 saturated carbocycles.